The van der Waals surface area contributed by atoms with E-state index in [1.165, 1.54) is 16.1 Å². The van der Waals surface area contributed by atoms with Crippen LogP contribution in [0.5, 0.6) is 0 Å². The Hall–Kier alpha value is -2.61. The Kier molecular flexibility index (Phi) is 5.41. The zero-order chi connectivity index (χ0) is 18.6. The normalized spacial score (nSPS) is 11.5. The van der Waals surface area contributed by atoms with Gasteiger partial charge in [0.05, 0.1) is 12.2 Å². The van der Waals surface area contributed by atoms with Gasteiger partial charge in [-0.05, 0) is 11.6 Å². The number of hydrogen-bond donors (Lipinski definition) is 1. The van der Waals surface area contributed by atoms with Crippen LogP contribution < -0.4 is 5.32 Å². The van der Waals surface area contributed by atoms with Gasteiger partial charge in [0.1, 0.15) is 0 Å². The second-order valence-electron chi connectivity index (χ2n) is 7.01. The number of aryl methyl sites for hydroxylation is 1. The van der Waals surface area contributed by atoms with Crippen molar-refractivity contribution in [2.24, 2.45) is 0 Å². The molecule has 0 fully saturated rings. The van der Waals surface area contributed by atoms with Gasteiger partial charge in [0.15, 0.2) is 5.13 Å². The van der Waals surface area contributed by atoms with Crippen molar-refractivity contribution in [3.05, 3.63) is 41.4 Å². The first-order chi connectivity index (χ1) is 12.4. The maximum atomic E-state index is 12.1. The van der Waals surface area contributed by atoms with E-state index in [9.17, 15) is 4.79 Å². The third-order valence-corrected chi connectivity index (χ3v) is 4.52. The van der Waals surface area contributed by atoms with Gasteiger partial charge in [0, 0.05) is 22.8 Å². The Balaban J connectivity index is 1.47. The number of nitrogens with one attached hydrogen (secondary N) is 1. The number of hydrogen-bond acceptors (Lipinski definition) is 6. The second-order valence-corrected chi connectivity index (χ2v) is 7.87. The second kappa shape index (κ2) is 7.74. The maximum Gasteiger partial charge on any atom is 0.226 e. The molecule has 7 nitrogen and oxygen atoms in total. The van der Waals surface area contributed by atoms with Crippen LogP contribution in [0.4, 0.5) is 5.13 Å². The third kappa shape index (κ3) is 4.72. The molecule has 136 valence electrons. The van der Waals surface area contributed by atoms with Crippen LogP contribution >= 0.6 is 11.3 Å². The van der Waals surface area contributed by atoms with Crippen LogP contribution in [-0.2, 0) is 16.8 Å². The predicted molar refractivity (Wildman–Crippen MR) is 102 cm³/mol. The largest absolute Gasteiger partial charge is 0.302 e. The van der Waals surface area contributed by atoms with Crippen LogP contribution in [0.15, 0.2) is 35.7 Å². The van der Waals surface area contributed by atoms with E-state index in [1.54, 1.807) is 0 Å². The Morgan fingerprint density at radius 3 is 2.69 bits per heavy atom. The smallest absolute Gasteiger partial charge is 0.226 e. The van der Waals surface area contributed by atoms with Crippen molar-refractivity contribution in [3.8, 4) is 11.4 Å². The molecule has 1 aromatic carbocycles. The molecule has 0 unspecified atom stereocenters. The molecule has 0 atom stereocenters. The van der Waals surface area contributed by atoms with Crippen molar-refractivity contribution < 1.29 is 4.79 Å². The number of amides is 1. The maximum absolute atomic E-state index is 12.1. The van der Waals surface area contributed by atoms with E-state index in [4.69, 9.17) is 0 Å². The van der Waals surface area contributed by atoms with Gasteiger partial charge in [0.25, 0.3) is 0 Å². The summed E-state index contributed by atoms with van der Waals surface area (Å²) in [4.78, 5) is 18.1. The van der Waals surface area contributed by atoms with Gasteiger partial charge in [-0.3, -0.25) is 4.79 Å². The Labute approximate surface area is 156 Å². The van der Waals surface area contributed by atoms with E-state index in [2.05, 4.69) is 46.5 Å². The van der Waals surface area contributed by atoms with Crippen LogP contribution in [-0.4, -0.2) is 31.1 Å². The van der Waals surface area contributed by atoms with Gasteiger partial charge < -0.3 is 5.32 Å². The van der Waals surface area contributed by atoms with Crippen LogP contribution in [0.25, 0.3) is 11.4 Å². The lowest BCUT2D eigenvalue weighted by atomic mass is 9.93. The molecule has 2 aromatic heterocycles. The summed E-state index contributed by atoms with van der Waals surface area (Å²) in [5.41, 5.74) is 1.89. The molecule has 8 heteroatoms. The molecule has 2 heterocycles. The van der Waals surface area contributed by atoms with Gasteiger partial charge >= 0.3 is 0 Å². The first kappa shape index (κ1) is 18.2. The van der Waals surface area contributed by atoms with E-state index < -0.39 is 0 Å². The lowest BCUT2D eigenvalue weighted by molar-refractivity contribution is -0.116. The number of benzene rings is 1. The van der Waals surface area contributed by atoms with E-state index >= 15 is 0 Å². The van der Waals surface area contributed by atoms with E-state index in [0.717, 1.165) is 11.3 Å². The number of anilines is 1. The molecule has 0 saturated heterocycles. The minimum absolute atomic E-state index is 0.0191. The molecule has 1 N–H and O–H groups in total. The number of carbonyl (C=O) groups excluding carboxylic acids is 1. The summed E-state index contributed by atoms with van der Waals surface area (Å²) in [6.45, 7) is 6.84. The number of thiazole rings is 1. The van der Waals surface area contributed by atoms with Crippen molar-refractivity contribution in [3.63, 3.8) is 0 Å². The highest BCUT2D eigenvalue weighted by Crippen LogP contribution is 2.26. The lowest BCUT2D eigenvalue weighted by Gasteiger charge is -2.14. The van der Waals surface area contributed by atoms with Gasteiger partial charge in [-0.25, -0.2) is 4.98 Å². The summed E-state index contributed by atoms with van der Waals surface area (Å²) in [6.07, 6.45) is 1.01. The Bertz CT molecular complexity index is 865. The van der Waals surface area contributed by atoms with Crippen LogP contribution in [0, 0.1) is 0 Å². The number of tetrazole rings is 1. The van der Waals surface area contributed by atoms with Gasteiger partial charge in [-0.15, -0.1) is 21.5 Å². The van der Waals surface area contributed by atoms with Crippen molar-refractivity contribution in [2.75, 3.05) is 5.32 Å². The Morgan fingerprint density at radius 1 is 1.23 bits per heavy atom. The standard InChI is InChI=1S/C18H22N6OS/c1-18(2,3)14-12-26-17(19-14)20-15(25)10-7-11-24-22-16(21-23-24)13-8-5-4-6-9-13/h4-6,8-9,12H,7,10-11H2,1-3H3,(H,19,20,25). The zero-order valence-corrected chi connectivity index (χ0v) is 16.0. The first-order valence-corrected chi connectivity index (χ1v) is 9.39. The number of rotatable bonds is 6. The van der Waals surface area contributed by atoms with Gasteiger partial charge in [0.2, 0.25) is 11.7 Å². The number of aromatic nitrogens is 5. The average molecular weight is 370 g/mol. The minimum Gasteiger partial charge on any atom is -0.302 e. The summed E-state index contributed by atoms with van der Waals surface area (Å²) in [5, 5.41) is 17.9. The van der Waals surface area contributed by atoms with Crippen LogP contribution in [0.1, 0.15) is 39.3 Å². The molecule has 0 aliphatic carbocycles. The fraction of sp³-hybridized carbons (Fsp3) is 0.389. The van der Waals surface area contributed by atoms with E-state index in [1.807, 2.05) is 35.7 Å². The monoisotopic (exact) mass is 370 g/mol. The summed E-state index contributed by atoms with van der Waals surface area (Å²) in [5.74, 6) is 0.538. The molecule has 0 aliphatic rings. The summed E-state index contributed by atoms with van der Waals surface area (Å²) >= 11 is 1.45. The first-order valence-electron chi connectivity index (χ1n) is 8.51. The quantitative estimate of drug-likeness (QED) is 0.717. The topological polar surface area (TPSA) is 85.6 Å². The highest BCUT2D eigenvalue weighted by Gasteiger charge is 2.18. The third-order valence-electron chi connectivity index (χ3n) is 3.77. The van der Waals surface area contributed by atoms with Crippen molar-refractivity contribution in [2.45, 2.75) is 45.6 Å². The summed E-state index contributed by atoms with van der Waals surface area (Å²) in [7, 11) is 0. The van der Waals surface area contributed by atoms with E-state index in [-0.39, 0.29) is 11.3 Å². The molecule has 0 spiro atoms. The summed E-state index contributed by atoms with van der Waals surface area (Å²) in [6, 6.07) is 9.69. The van der Waals surface area contributed by atoms with Crippen molar-refractivity contribution in [1.82, 2.24) is 25.2 Å². The summed E-state index contributed by atoms with van der Waals surface area (Å²) < 4.78 is 0. The lowest BCUT2D eigenvalue weighted by Crippen LogP contribution is -2.15. The van der Waals surface area contributed by atoms with Gasteiger partial charge in [-0.2, -0.15) is 4.80 Å². The number of carbonyl (C=O) groups is 1. The molecule has 3 aromatic rings. The van der Waals surface area contributed by atoms with Crippen LogP contribution in [0.2, 0.25) is 0 Å². The highest BCUT2D eigenvalue weighted by atomic mass is 32.1. The fourth-order valence-corrected chi connectivity index (χ4v) is 3.23. The molecule has 26 heavy (non-hydrogen) atoms. The molecular formula is C18H22N6OS. The SMILES string of the molecule is CC(C)(C)c1csc(NC(=O)CCCn2nnc(-c3ccccc3)n2)n1. The number of nitrogens with zero attached hydrogens (tertiary/aromatic N) is 5. The molecule has 0 radical (unpaired) electrons. The molecule has 1 amide bonds. The predicted octanol–water partition coefficient (Wildman–Crippen LogP) is 3.51. The minimum atomic E-state index is -0.0526. The molecule has 0 bridgehead atoms. The van der Waals surface area contributed by atoms with Crippen molar-refractivity contribution in [1.29, 1.82) is 0 Å². The molecule has 0 aliphatic heterocycles. The molecule has 3 rings (SSSR count). The van der Waals surface area contributed by atoms with E-state index in [0.29, 0.717) is 30.3 Å². The Morgan fingerprint density at radius 2 is 2.00 bits per heavy atom. The fourth-order valence-electron chi connectivity index (χ4n) is 2.28. The van der Waals surface area contributed by atoms with Crippen LogP contribution in [0.3, 0.4) is 0 Å². The van der Waals surface area contributed by atoms with Gasteiger partial charge in [-0.1, -0.05) is 51.1 Å². The zero-order valence-electron chi connectivity index (χ0n) is 15.1. The van der Waals surface area contributed by atoms with Crippen molar-refractivity contribution >= 4 is 22.4 Å². The highest BCUT2D eigenvalue weighted by molar-refractivity contribution is 7.13. The molecule has 0 saturated carbocycles. The molecular weight excluding hydrogens is 348 g/mol. The average Bonchev–Trinajstić information content (AvgIpc) is 3.25.